The summed E-state index contributed by atoms with van der Waals surface area (Å²) in [5, 5.41) is 2.18. The molecule has 0 aliphatic carbocycles. The monoisotopic (exact) mass is 334 g/mol. The molecule has 23 heavy (non-hydrogen) atoms. The van der Waals surface area contributed by atoms with Crippen LogP contribution in [0.3, 0.4) is 0 Å². The van der Waals surface area contributed by atoms with E-state index in [1.807, 2.05) is 11.3 Å². The molecular weight excluding hydrogens is 304 g/mol. The van der Waals surface area contributed by atoms with Crippen LogP contribution in [0.5, 0.6) is 0 Å². The maximum atomic E-state index is 6.30. The molecule has 3 heterocycles. The summed E-state index contributed by atoms with van der Waals surface area (Å²) in [5.74, 6) is 1.35. The van der Waals surface area contributed by atoms with E-state index in [1.54, 1.807) is 0 Å². The molecule has 2 atom stereocenters. The first kappa shape index (κ1) is 16.8. The highest BCUT2D eigenvalue weighted by molar-refractivity contribution is 7.10. The number of hydrogen-bond donors (Lipinski definition) is 1. The Morgan fingerprint density at radius 3 is 2.70 bits per heavy atom. The van der Waals surface area contributed by atoms with Gasteiger partial charge in [-0.15, -0.1) is 11.3 Å². The zero-order chi connectivity index (χ0) is 16.1. The van der Waals surface area contributed by atoms with Crippen molar-refractivity contribution in [3.05, 3.63) is 22.4 Å². The van der Waals surface area contributed by atoms with Crippen LogP contribution in [0.15, 0.2) is 22.5 Å². The Bertz CT molecular complexity index is 491. The normalized spacial score (nSPS) is 27.9. The highest BCUT2D eigenvalue weighted by atomic mass is 32.1. The Kier molecular flexibility index (Phi) is 5.95. The second-order valence-electron chi connectivity index (χ2n) is 6.94. The molecule has 0 saturated carbocycles. The van der Waals surface area contributed by atoms with E-state index in [2.05, 4.69) is 34.4 Å². The van der Waals surface area contributed by atoms with Crippen LogP contribution >= 0.6 is 11.3 Å². The largest absolute Gasteiger partial charge is 0.370 e. The van der Waals surface area contributed by atoms with Gasteiger partial charge in [0.2, 0.25) is 0 Å². The molecule has 2 aliphatic heterocycles. The van der Waals surface area contributed by atoms with Crippen molar-refractivity contribution in [1.82, 2.24) is 9.80 Å². The smallest absolute Gasteiger partial charge is 0.191 e. The number of rotatable bonds is 3. The third kappa shape index (κ3) is 4.27. The lowest BCUT2D eigenvalue weighted by Gasteiger charge is -2.38. The van der Waals surface area contributed by atoms with Crippen LogP contribution in [0.4, 0.5) is 0 Å². The molecular formula is C18H30N4S. The third-order valence-electron chi connectivity index (χ3n) is 5.26. The fourth-order valence-electron chi connectivity index (χ4n) is 3.97. The third-order valence-corrected chi connectivity index (χ3v) is 6.20. The first-order valence-electron chi connectivity index (χ1n) is 9.04. The number of nitrogens with zero attached hydrogens (tertiary/aromatic N) is 3. The molecule has 5 heteroatoms. The molecule has 2 aliphatic rings. The first-order chi connectivity index (χ1) is 11.3. The molecule has 0 radical (unpaired) electrons. The van der Waals surface area contributed by atoms with E-state index >= 15 is 0 Å². The van der Waals surface area contributed by atoms with Crippen molar-refractivity contribution >= 4 is 17.3 Å². The molecule has 2 fully saturated rings. The lowest BCUT2D eigenvalue weighted by Crippen LogP contribution is -2.40. The maximum absolute atomic E-state index is 6.30. The standard InChI is InChI=1S/C18H30N4S/c1-21-10-6-8-15(17(21)16-9-7-13-23-16)14-20-18(19)22-11-4-2-3-5-12-22/h7,9,13,15,17H,2-6,8,10-12,14H2,1H3,(H2,19,20). The van der Waals surface area contributed by atoms with E-state index in [-0.39, 0.29) is 0 Å². The summed E-state index contributed by atoms with van der Waals surface area (Å²) >= 11 is 1.87. The number of thiophene rings is 1. The fraction of sp³-hybridized carbons (Fsp3) is 0.722. The van der Waals surface area contributed by atoms with Crippen LogP contribution in [0.25, 0.3) is 0 Å². The van der Waals surface area contributed by atoms with E-state index in [0.29, 0.717) is 12.0 Å². The highest BCUT2D eigenvalue weighted by Crippen LogP contribution is 2.37. The second kappa shape index (κ2) is 8.15. The van der Waals surface area contributed by atoms with Crippen LogP contribution in [-0.2, 0) is 0 Å². The minimum absolute atomic E-state index is 0.504. The van der Waals surface area contributed by atoms with Crippen LogP contribution in [0.2, 0.25) is 0 Å². The van der Waals surface area contributed by atoms with Crippen LogP contribution < -0.4 is 5.73 Å². The van der Waals surface area contributed by atoms with Crippen molar-refractivity contribution in [2.45, 2.75) is 44.6 Å². The van der Waals surface area contributed by atoms with Gasteiger partial charge in [-0.1, -0.05) is 18.9 Å². The predicted octanol–water partition coefficient (Wildman–Crippen LogP) is 3.32. The average Bonchev–Trinajstić information content (AvgIpc) is 2.93. The summed E-state index contributed by atoms with van der Waals surface area (Å²) in [4.78, 5) is 11.1. The summed E-state index contributed by atoms with van der Waals surface area (Å²) in [6.45, 7) is 4.20. The van der Waals surface area contributed by atoms with Gasteiger partial charge in [-0.3, -0.25) is 9.89 Å². The lowest BCUT2D eigenvalue weighted by molar-refractivity contribution is 0.128. The average molecular weight is 335 g/mol. The number of aliphatic imine (C=N–C) groups is 1. The molecule has 2 saturated heterocycles. The molecule has 0 aromatic carbocycles. The SMILES string of the molecule is CN1CCCC(CN=C(N)N2CCCCCC2)C1c1cccs1. The van der Waals surface area contributed by atoms with E-state index < -0.39 is 0 Å². The lowest BCUT2D eigenvalue weighted by atomic mass is 9.88. The predicted molar refractivity (Wildman–Crippen MR) is 98.9 cm³/mol. The second-order valence-corrected chi connectivity index (χ2v) is 7.92. The number of hydrogen-bond acceptors (Lipinski definition) is 3. The molecule has 2 N–H and O–H groups in total. The topological polar surface area (TPSA) is 44.9 Å². The van der Waals surface area contributed by atoms with Crippen molar-refractivity contribution in [2.75, 3.05) is 33.2 Å². The Morgan fingerprint density at radius 1 is 1.22 bits per heavy atom. The minimum Gasteiger partial charge on any atom is -0.370 e. The van der Waals surface area contributed by atoms with Gasteiger partial charge in [-0.25, -0.2) is 0 Å². The van der Waals surface area contributed by atoms with Crippen molar-refractivity contribution in [3.8, 4) is 0 Å². The molecule has 2 unspecified atom stereocenters. The molecule has 1 aromatic rings. The summed E-state index contributed by atoms with van der Waals surface area (Å²) < 4.78 is 0. The zero-order valence-corrected chi connectivity index (χ0v) is 15.1. The van der Waals surface area contributed by atoms with Gasteiger partial charge in [0.05, 0.1) is 0 Å². The van der Waals surface area contributed by atoms with Gasteiger partial charge >= 0.3 is 0 Å². The Hall–Kier alpha value is -1.07. The van der Waals surface area contributed by atoms with Crippen LogP contribution in [0, 0.1) is 5.92 Å². The van der Waals surface area contributed by atoms with Gasteiger partial charge in [0.1, 0.15) is 0 Å². The summed E-state index contributed by atoms with van der Waals surface area (Å²) in [6, 6.07) is 4.94. The zero-order valence-electron chi connectivity index (χ0n) is 14.3. The van der Waals surface area contributed by atoms with E-state index in [0.717, 1.165) is 25.6 Å². The summed E-state index contributed by atoms with van der Waals surface area (Å²) in [5.41, 5.74) is 6.30. The molecule has 1 aromatic heterocycles. The summed E-state index contributed by atoms with van der Waals surface area (Å²) in [7, 11) is 2.25. The summed E-state index contributed by atoms with van der Waals surface area (Å²) in [6.07, 6.45) is 7.68. The molecule has 0 spiro atoms. The molecule has 3 rings (SSSR count). The molecule has 128 valence electrons. The fourth-order valence-corrected chi connectivity index (χ4v) is 4.95. The maximum Gasteiger partial charge on any atom is 0.191 e. The number of nitrogens with two attached hydrogens (primary N) is 1. The number of guanidine groups is 1. The van der Waals surface area contributed by atoms with Gasteiger partial charge in [0.25, 0.3) is 0 Å². The van der Waals surface area contributed by atoms with Crippen molar-refractivity contribution in [3.63, 3.8) is 0 Å². The van der Waals surface area contributed by atoms with Crippen molar-refractivity contribution in [1.29, 1.82) is 0 Å². The highest BCUT2D eigenvalue weighted by Gasteiger charge is 2.31. The molecule has 0 bridgehead atoms. The van der Waals surface area contributed by atoms with Gasteiger partial charge in [0.15, 0.2) is 5.96 Å². The van der Waals surface area contributed by atoms with E-state index in [1.165, 1.54) is 49.9 Å². The van der Waals surface area contributed by atoms with Gasteiger partial charge in [0, 0.05) is 30.6 Å². The van der Waals surface area contributed by atoms with Crippen LogP contribution in [-0.4, -0.2) is 49.0 Å². The Balaban J connectivity index is 1.65. The van der Waals surface area contributed by atoms with Crippen molar-refractivity contribution < 1.29 is 0 Å². The van der Waals surface area contributed by atoms with Gasteiger partial charge in [-0.05, 0) is 56.6 Å². The number of likely N-dealkylation sites (tertiary alicyclic amines) is 2. The Labute approximate surface area is 144 Å². The Morgan fingerprint density at radius 2 is 2.00 bits per heavy atom. The van der Waals surface area contributed by atoms with E-state index in [4.69, 9.17) is 10.7 Å². The van der Waals surface area contributed by atoms with Crippen LogP contribution in [0.1, 0.15) is 49.4 Å². The first-order valence-corrected chi connectivity index (χ1v) is 9.92. The molecule has 0 amide bonds. The van der Waals surface area contributed by atoms with Crippen molar-refractivity contribution in [2.24, 2.45) is 16.6 Å². The van der Waals surface area contributed by atoms with Gasteiger partial charge < -0.3 is 10.6 Å². The molecule has 4 nitrogen and oxygen atoms in total. The quantitative estimate of drug-likeness (QED) is 0.681. The number of piperidine rings is 1. The van der Waals surface area contributed by atoms with Gasteiger partial charge in [-0.2, -0.15) is 0 Å². The van der Waals surface area contributed by atoms with E-state index in [9.17, 15) is 0 Å². The minimum atomic E-state index is 0.504.